The highest BCUT2D eigenvalue weighted by Crippen LogP contribution is 2.27. The second-order valence-corrected chi connectivity index (χ2v) is 6.98. The Morgan fingerprint density at radius 2 is 2.00 bits per heavy atom. The summed E-state index contributed by atoms with van der Waals surface area (Å²) in [5.41, 5.74) is 6.49. The Hall–Kier alpha value is -2.05. The van der Waals surface area contributed by atoms with Crippen LogP contribution < -0.4 is 4.74 Å². The van der Waals surface area contributed by atoms with Crippen molar-refractivity contribution in [3.8, 4) is 5.88 Å². The maximum absolute atomic E-state index is 5.20. The van der Waals surface area contributed by atoms with Gasteiger partial charge in [-0.1, -0.05) is 6.07 Å². The third-order valence-corrected chi connectivity index (χ3v) is 5.58. The number of nitrogens with zero attached hydrogens (tertiary/aromatic N) is 4. The Kier molecular flexibility index (Phi) is 4.16. The first kappa shape index (κ1) is 15.5. The van der Waals surface area contributed by atoms with E-state index in [1.807, 2.05) is 5.51 Å². The van der Waals surface area contributed by atoms with Crippen molar-refractivity contribution in [2.75, 3.05) is 20.2 Å². The highest BCUT2D eigenvalue weighted by atomic mass is 32.1. The van der Waals surface area contributed by atoms with Crippen molar-refractivity contribution >= 4 is 21.6 Å². The van der Waals surface area contributed by atoms with E-state index in [2.05, 4.69) is 45.0 Å². The molecule has 0 N–H and O–H groups in total. The van der Waals surface area contributed by atoms with Gasteiger partial charge in [-0.25, -0.2) is 9.97 Å². The number of hydrogen-bond donors (Lipinski definition) is 0. The third kappa shape index (κ3) is 2.87. The average Bonchev–Trinajstić information content (AvgIpc) is 2.99. The zero-order chi connectivity index (χ0) is 16.5. The van der Waals surface area contributed by atoms with Crippen molar-refractivity contribution < 1.29 is 4.74 Å². The van der Waals surface area contributed by atoms with Gasteiger partial charge in [-0.3, -0.25) is 9.88 Å². The molecule has 5 nitrogen and oxygen atoms in total. The molecule has 124 valence electrons. The summed E-state index contributed by atoms with van der Waals surface area (Å²) in [5, 5.41) is 0. The summed E-state index contributed by atoms with van der Waals surface area (Å²) in [5.74, 6) is 0.601. The molecule has 0 amide bonds. The molecule has 3 aromatic rings. The van der Waals surface area contributed by atoms with Gasteiger partial charge in [0.25, 0.3) is 0 Å². The molecule has 24 heavy (non-hydrogen) atoms. The SMILES string of the molecule is COc1cnc2c(n1)CCN([C@@H](C)c1ccc3scnc3c1)CC2. The molecule has 0 radical (unpaired) electrons. The number of thiazole rings is 1. The highest BCUT2D eigenvalue weighted by Gasteiger charge is 2.21. The lowest BCUT2D eigenvalue weighted by Gasteiger charge is -2.27. The summed E-state index contributed by atoms with van der Waals surface area (Å²) in [4.78, 5) is 16.0. The molecule has 3 heterocycles. The number of fused-ring (bicyclic) bond motifs is 2. The molecule has 1 atom stereocenters. The van der Waals surface area contributed by atoms with E-state index in [-0.39, 0.29) is 0 Å². The van der Waals surface area contributed by atoms with E-state index in [1.165, 1.54) is 10.3 Å². The normalized spacial score (nSPS) is 16.6. The fourth-order valence-electron chi connectivity index (χ4n) is 3.29. The van der Waals surface area contributed by atoms with Gasteiger partial charge in [-0.2, -0.15) is 0 Å². The summed E-state index contributed by atoms with van der Waals surface area (Å²) in [7, 11) is 1.64. The van der Waals surface area contributed by atoms with Gasteiger partial charge in [0.05, 0.1) is 40.4 Å². The van der Waals surface area contributed by atoms with Crippen molar-refractivity contribution in [3.05, 3.63) is 46.9 Å². The zero-order valence-corrected chi connectivity index (χ0v) is 14.7. The van der Waals surface area contributed by atoms with Gasteiger partial charge >= 0.3 is 0 Å². The van der Waals surface area contributed by atoms with Gasteiger partial charge in [0.15, 0.2) is 0 Å². The van der Waals surface area contributed by atoms with E-state index in [4.69, 9.17) is 4.74 Å². The lowest BCUT2D eigenvalue weighted by atomic mass is 10.1. The van der Waals surface area contributed by atoms with Crippen LogP contribution in [0.15, 0.2) is 29.9 Å². The van der Waals surface area contributed by atoms with Crippen LogP contribution in [0.3, 0.4) is 0 Å². The third-order valence-electron chi connectivity index (χ3n) is 4.77. The average molecular weight is 340 g/mol. The molecule has 0 saturated heterocycles. The van der Waals surface area contributed by atoms with Gasteiger partial charge in [0.2, 0.25) is 5.88 Å². The monoisotopic (exact) mass is 340 g/mol. The molecule has 0 saturated carbocycles. The van der Waals surface area contributed by atoms with E-state index in [0.717, 1.165) is 42.8 Å². The maximum Gasteiger partial charge on any atom is 0.232 e. The Bertz CT molecular complexity index is 863. The molecule has 0 unspecified atom stereocenters. The van der Waals surface area contributed by atoms with E-state index in [9.17, 15) is 0 Å². The minimum atomic E-state index is 0.354. The predicted molar refractivity (Wildman–Crippen MR) is 95.6 cm³/mol. The Morgan fingerprint density at radius 3 is 2.83 bits per heavy atom. The lowest BCUT2D eigenvalue weighted by molar-refractivity contribution is 0.220. The summed E-state index contributed by atoms with van der Waals surface area (Å²) >= 11 is 1.69. The van der Waals surface area contributed by atoms with Crippen LogP contribution in [-0.2, 0) is 12.8 Å². The molecule has 2 aromatic heterocycles. The first-order chi connectivity index (χ1) is 11.7. The smallest absolute Gasteiger partial charge is 0.232 e. The molecule has 0 spiro atoms. The Labute approximate surface area is 145 Å². The van der Waals surface area contributed by atoms with Crippen LogP contribution in [0.1, 0.15) is 29.9 Å². The zero-order valence-electron chi connectivity index (χ0n) is 13.9. The van der Waals surface area contributed by atoms with Crippen LogP contribution in [0.4, 0.5) is 0 Å². The standard InChI is InChI=1S/C18H20N4OS/c1-12(13-3-4-17-16(9-13)20-11-24-17)22-7-5-14-15(6-8-22)21-18(23-2)10-19-14/h3-4,9-12H,5-8H2,1-2H3/t12-/m0/s1. The van der Waals surface area contributed by atoms with Crippen LogP contribution in [0.5, 0.6) is 5.88 Å². The van der Waals surface area contributed by atoms with Crippen LogP contribution in [0.25, 0.3) is 10.2 Å². The number of benzene rings is 1. The van der Waals surface area contributed by atoms with Crippen molar-refractivity contribution in [3.63, 3.8) is 0 Å². The Morgan fingerprint density at radius 1 is 1.17 bits per heavy atom. The largest absolute Gasteiger partial charge is 0.480 e. The molecule has 6 heteroatoms. The molecule has 0 aliphatic carbocycles. The minimum absolute atomic E-state index is 0.354. The summed E-state index contributed by atoms with van der Waals surface area (Å²) in [6.07, 6.45) is 3.55. The number of aromatic nitrogens is 3. The fraction of sp³-hybridized carbons (Fsp3) is 0.389. The first-order valence-electron chi connectivity index (χ1n) is 8.20. The van der Waals surface area contributed by atoms with Gasteiger partial charge in [0, 0.05) is 32.0 Å². The van der Waals surface area contributed by atoms with E-state index in [1.54, 1.807) is 24.6 Å². The minimum Gasteiger partial charge on any atom is -0.480 e. The van der Waals surface area contributed by atoms with Crippen molar-refractivity contribution in [2.24, 2.45) is 0 Å². The number of methoxy groups -OCH3 is 1. The van der Waals surface area contributed by atoms with Gasteiger partial charge in [-0.05, 0) is 24.6 Å². The number of ether oxygens (including phenoxy) is 1. The molecular formula is C18H20N4OS. The van der Waals surface area contributed by atoms with Gasteiger partial charge < -0.3 is 4.74 Å². The molecular weight excluding hydrogens is 320 g/mol. The fourth-order valence-corrected chi connectivity index (χ4v) is 3.94. The first-order valence-corrected chi connectivity index (χ1v) is 9.08. The lowest BCUT2D eigenvalue weighted by Crippen LogP contribution is -2.29. The summed E-state index contributed by atoms with van der Waals surface area (Å²) in [6, 6.07) is 6.98. The molecule has 4 rings (SSSR count). The molecule has 1 aliphatic heterocycles. The molecule has 1 aliphatic rings. The quantitative estimate of drug-likeness (QED) is 0.732. The van der Waals surface area contributed by atoms with Crippen molar-refractivity contribution in [1.82, 2.24) is 19.9 Å². The summed E-state index contributed by atoms with van der Waals surface area (Å²) < 4.78 is 6.45. The number of rotatable bonds is 3. The second-order valence-electron chi connectivity index (χ2n) is 6.10. The van der Waals surface area contributed by atoms with E-state index < -0.39 is 0 Å². The molecule has 0 bridgehead atoms. The van der Waals surface area contributed by atoms with E-state index >= 15 is 0 Å². The van der Waals surface area contributed by atoms with Crippen LogP contribution >= 0.6 is 11.3 Å². The van der Waals surface area contributed by atoms with Crippen molar-refractivity contribution in [2.45, 2.75) is 25.8 Å². The predicted octanol–water partition coefficient (Wildman–Crippen LogP) is 3.26. The van der Waals surface area contributed by atoms with Gasteiger partial charge in [-0.15, -0.1) is 11.3 Å². The maximum atomic E-state index is 5.20. The topological polar surface area (TPSA) is 51.1 Å². The second kappa shape index (κ2) is 6.45. The molecule has 1 aromatic carbocycles. The Balaban J connectivity index is 1.54. The van der Waals surface area contributed by atoms with Crippen LogP contribution in [0.2, 0.25) is 0 Å². The van der Waals surface area contributed by atoms with Crippen LogP contribution in [0, 0.1) is 0 Å². The summed E-state index contributed by atoms with van der Waals surface area (Å²) in [6.45, 7) is 4.24. The highest BCUT2D eigenvalue weighted by molar-refractivity contribution is 7.16. The van der Waals surface area contributed by atoms with Crippen LogP contribution in [-0.4, -0.2) is 40.1 Å². The van der Waals surface area contributed by atoms with Crippen molar-refractivity contribution in [1.29, 1.82) is 0 Å². The van der Waals surface area contributed by atoms with E-state index in [0.29, 0.717) is 11.9 Å². The van der Waals surface area contributed by atoms with Gasteiger partial charge in [0.1, 0.15) is 0 Å². The molecule has 0 fully saturated rings. The number of hydrogen-bond acceptors (Lipinski definition) is 6.